The third-order valence-electron chi connectivity index (χ3n) is 2.71. The van der Waals surface area contributed by atoms with Gasteiger partial charge in [-0.2, -0.15) is 0 Å². The van der Waals surface area contributed by atoms with Crippen molar-refractivity contribution in [2.24, 2.45) is 0 Å². The van der Waals surface area contributed by atoms with Gasteiger partial charge in [-0.05, 0) is 35.0 Å². The number of nitrogens with zero attached hydrogens (tertiary/aromatic N) is 1. The molecule has 0 atom stereocenters. The molecule has 0 saturated carbocycles. The maximum atomic E-state index is 11.4. The lowest BCUT2D eigenvalue weighted by atomic mass is 10.00. The van der Waals surface area contributed by atoms with E-state index in [4.69, 9.17) is 4.74 Å². The Morgan fingerprint density at radius 2 is 2.00 bits per heavy atom. The van der Waals surface area contributed by atoms with Gasteiger partial charge in [-0.1, -0.05) is 18.2 Å². The smallest absolute Gasteiger partial charge is 0.339 e. The van der Waals surface area contributed by atoms with Crippen LogP contribution < -0.4 is 4.74 Å². The highest BCUT2D eigenvalue weighted by atomic mass is 79.9. The molecule has 5 heteroatoms. The normalized spacial score (nSPS) is 10.3. The molecule has 1 N–H and O–H groups in total. The van der Waals surface area contributed by atoms with E-state index in [1.54, 1.807) is 19.2 Å². The van der Waals surface area contributed by atoms with Crippen molar-refractivity contribution in [2.45, 2.75) is 6.92 Å². The minimum absolute atomic E-state index is 0.134. The van der Waals surface area contributed by atoms with Gasteiger partial charge in [-0.25, -0.2) is 9.78 Å². The van der Waals surface area contributed by atoms with E-state index in [9.17, 15) is 9.90 Å². The van der Waals surface area contributed by atoms with Gasteiger partial charge in [-0.3, -0.25) is 0 Å². The Morgan fingerprint density at radius 3 is 2.63 bits per heavy atom. The third kappa shape index (κ3) is 2.61. The van der Waals surface area contributed by atoms with Gasteiger partial charge in [0.25, 0.3) is 0 Å². The number of carbonyl (C=O) groups is 1. The van der Waals surface area contributed by atoms with Crippen molar-refractivity contribution in [2.75, 3.05) is 7.11 Å². The molecule has 1 aromatic carbocycles. The predicted octanol–water partition coefficient (Wildman–Crippen LogP) is 3.53. The van der Waals surface area contributed by atoms with Crippen molar-refractivity contribution < 1.29 is 14.6 Å². The van der Waals surface area contributed by atoms with Crippen LogP contribution in [0.1, 0.15) is 16.1 Å². The average molecular weight is 322 g/mol. The number of hydrogen-bond donors (Lipinski definition) is 1. The van der Waals surface area contributed by atoms with E-state index in [0.717, 1.165) is 11.3 Å². The zero-order chi connectivity index (χ0) is 14.0. The minimum atomic E-state index is -1.03. The number of pyridine rings is 1. The number of hydrogen-bond acceptors (Lipinski definition) is 3. The molecule has 2 rings (SSSR count). The fourth-order valence-corrected chi connectivity index (χ4v) is 2.58. The summed E-state index contributed by atoms with van der Waals surface area (Å²) in [5.41, 5.74) is 2.19. The highest BCUT2D eigenvalue weighted by molar-refractivity contribution is 9.10. The summed E-state index contributed by atoms with van der Waals surface area (Å²) in [6, 6.07) is 9.04. The van der Waals surface area contributed by atoms with E-state index < -0.39 is 5.97 Å². The SMILES string of the molecule is COc1ccccc1-c1cc(C)nc(Br)c1C(=O)O. The van der Waals surface area contributed by atoms with Crippen molar-refractivity contribution in [1.82, 2.24) is 4.98 Å². The average Bonchev–Trinajstić information content (AvgIpc) is 2.37. The minimum Gasteiger partial charge on any atom is -0.496 e. The summed E-state index contributed by atoms with van der Waals surface area (Å²) in [4.78, 5) is 15.5. The maximum Gasteiger partial charge on any atom is 0.339 e. The fourth-order valence-electron chi connectivity index (χ4n) is 1.92. The summed E-state index contributed by atoms with van der Waals surface area (Å²) >= 11 is 3.21. The second kappa shape index (κ2) is 5.40. The standard InChI is InChI=1S/C14H12BrNO3/c1-8-7-10(12(14(17)18)13(15)16-8)9-5-3-4-6-11(9)19-2/h3-7H,1-2H3,(H,17,18). The van der Waals surface area contributed by atoms with E-state index in [0.29, 0.717) is 15.9 Å². The molecule has 0 amide bonds. The monoisotopic (exact) mass is 321 g/mol. The van der Waals surface area contributed by atoms with Gasteiger partial charge in [0.1, 0.15) is 15.9 Å². The number of aromatic carboxylic acids is 1. The number of para-hydroxylation sites is 1. The lowest BCUT2D eigenvalue weighted by molar-refractivity contribution is 0.0696. The van der Waals surface area contributed by atoms with Gasteiger partial charge in [0, 0.05) is 16.8 Å². The zero-order valence-electron chi connectivity index (χ0n) is 10.5. The summed E-state index contributed by atoms with van der Waals surface area (Å²) in [6.07, 6.45) is 0. The molecule has 0 saturated heterocycles. The van der Waals surface area contributed by atoms with Crippen LogP contribution in [0.5, 0.6) is 5.75 Å². The Hall–Kier alpha value is -1.88. The quantitative estimate of drug-likeness (QED) is 0.878. The van der Waals surface area contributed by atoms with Crippen LogP contribution in [0, 0.1) is 6.92 Å². The van der Waals surface area contributed by atoms with Gasteiger partial charge in [0.2, 0.25) is 0 Å². The van der Waals surface area contributed by atoms with Gasteiger partial charge in [-0.15, -0.1) is 0 Å². The maximum absolute atomic E-state index is 11.4. The number of benzene rings is 1. The second-order valence-electron chi connectivity index (χ2n) is 3.98. The highest BCUT2D eigenvalue weighted by Crippen LogP contribution is 2.35. The molecule has 0 spiro atoms. The Labute approximate surface area is 119 Å². The molecule has 1 aromatic heterocycles. The number of carboxylic acid groups (broad SMARTS) is 1. The third-order valence-corrected chi connectivity index (χ3v) is 3.29. The molecule has 0 fully saturated rings. The summed E-state index contributed by atoms with van der Waals surface area (Å²) in [5, 5.41) is 9.35. The van der Waals surface area contributed by atoms with Crippen LogP contribution in [0.2, 0.25) is 0 Å². The Bertz CT molecular complexity index is 641. The molecule has 1 heterocycles. The van der Waals surface area contributed by atoms with Gasteiger partial charge in [0.15, 0.2) is 0 Å². The largest absolute Gasteiger partial charge is 0.496 e. The molecule has 0 bridgehead atoms. The topological polar surface area (TPSA) is 59.4 Å². The van der Waals surface area contributed by atoms with Crippen LogP contribution in [-0.4, -0.2) is 23.2 Å². The number of rotatable bonds is 3. The van der Waals surface area contributed by atoms with E-state index in [-0.39, 0.29) is 5.56 Å². The summed E-state index contributed by atoms with van der Waals surface area (Å²) < 4.78 is 5.61. The van der Waals surface area contributed by atoms with Gasteiger partial charge in [0.05, 0.1) is 7.11 Å². The molecule has 4 nitrogen and oxygen atoms in total. The Kier molecular flexibility index (Phi) is 3.85. The van der Waals surface area contributed by atoms with Crippen molar-refractivity contribution in [1.29, 1.82) is 0 Å². The Morgan fingerprint density at radius 1 is 1.32 bits per heavy atom. The predicted molar refractivity (Wildman–Crippen MR) is 75.6 cm³/mol. The highest BCUT2D eigenvalue weighted by Gasteiger charge is 2.19. The van der Waals surface area contributed by atoms with Crippen LogP contribution in [0.3, 0.4) is 0 Å². The van der Waals surface area contributed by atoms with Crippen molar-refractivity contribution in [3.05, 3.63) is 46.2 Å². The van der Waals surface area contributed by atoms with Crippen LogP contribution in [0.4, 0.5) is 0 Å². The van der Waals surface area contributed by atoms with Crippen molar-refractivity contribution >= 4 is 21.9 Å². The molecule has 0 aliphatic heterocycles. The summed E-state index contributed by atoms with van der Waals surface area (Å²) in [6.45, 7) is 1.81. The summed E-state index contributed by atoms with van der Waals surface area (Å²) in [7, 11) is 1.56. The number of aryl methyl sites for hydroxylation is 1. The molecule has 0 aliphatic rings. The molecular weight excluding hydrogens is 310 g/mol. The lowest BCUT2D eigenvalue weighted by Crippen LogP contribution is -2.04. The zero-order valence-corrected chi connectivity index (χ0v) is 12.1. The molecular formula is C14H12BrNO3. The first-order valence-electron chi connectivity index (χ1n) is 5.58. The Balaban J connectivity index is 2.77. The van der Waals surface area contributed by atoms with Crippen molar-refractivity contribution in [3.8, 4) is 16.9 Å². The van der Waals surface area contributed by atoms with Crippen molar-refractivity contribution in [3.63, 3.8) is 0 Å². The fraction of sp³-hybridized carbons (Fsp3) is 0.143. The van der Waals surface area contributed by atoms with E-state index in [1.165, 1.54) is 0 Å². The van der Waals surface area contributed by atoms with Crippen LogP contribution in [0.25, 0.3) is 11.1 Å². The van der Waals surface area contributed by atoms with Crippen LogP contribution >= 0.6 is 15.9 Å². The molecule has 0 unspecified atom stereocenters. The van der Waals surface area contributed by atoms with Gasteiger partial charge >= 0.3 is 5.97 Å². The molecule has 0 radical (unpaired) electrons. The van der Waals surface area contributed by atoms with Crippen LogP contribution in [-0.2, 0) is 0 Å². The lowest BCUT2D eigenvalue weighted by Gasteiger charge is -2.12. The number of methoxy groups -OCH3 is 1. The molecule has 2 aromatic rings. The number of aromatic nitrogens is 1. The first-order chi connectivity index (χ1) is 9.04. The first-order valence-corrected chi connectivity index (χ1v) is 6.37. The summed E-state index contributed by atoms with van der Waals surface area (Å²) in [5.74, 6) is -0.400. The molecule has 19 heavy (non-hydrogen) atoms. The van der Waals surface area contributed by atoms with E-state index in [1.807, 2.05) is 25.1 Å². The number of halogens is 1. The van der Waals surface area contributed by atoms with Gasteiger partial charge < -0.3 is 9.84 Å². The second-order valence-corrected chi connectivity index (χ2v) is 4.73. The number of ether oxygens (including phenoxy) is 1. The number of carboxylic acids is 1. The first kappa shape index (κ1) is 13.5. The molecule has 98 valence electrons. The van der Waals surface area contributed by atoms with Crippen LogP contribution in [0.15, 0.2) is 34.9 Å². The molecule has 0 aliphatic carbocycles. The van der Waals surface area contributed by atoms with E-state index >= 15 is 0 Å². The van der Waals surface area contributed by atoms with E-state index in [2.05, 4.69) is 20.9 Å².